The molecule has 4 nitrogen and oxygen atoms in total. The minimum absolute atomic E-state index is 0.0216. The van der Waals surface area contributed by atoms with Crippen molar-refractivity contribution in [3.63, 3.8) is 0 Å². The smallest absolute Gasteiger partial charge is 0.338 e. The van der Waals surface area contributed by atoms with Crippen LogP contribution < -0.4 is 5.32 Å². The van der Waals surface area contributed by atoms with Crippen molar-refractivity contribution in [2.45, 2.75) is 103 Å². The second-order valence-corrected chi connectivity index (χ2v) is 9.79. The monoisotopic (exact) mass is 453 g/mol. The predicted octanol–water partition coefficient (Wildman–Crippen LogP) is 5.74. The fourth-order valence-corrected chi connectivity index (χ4v) is 5.25. The summed E-state index contributed by atoms with van der Waals surface area (Å²) in [5.74, 6) is 0.758. The summed E-state index contributed by atoms with van der Waals surface area (Å²) in [7, 11) is 0. The summed E-state index contributed by atoms with van der Waals surface area (Å²) in [6, 6.07) is 2.09. The molecule has 32 heavy (non-hydrogen) atoms. The van der Waals surface area contributed by atoms with Crippen molar-refractivity contribution in [1.82, 2.24) is 15.2 Å². The van der Waals surface area contributed by atoms with Crippen LogP contribution in [0.15, 0.2) is 12.3 Å². The third kappa shape index (κ3) is 6.24. The topological polar surface area (TPSA) is 45.2 Å². The molecule has 0 aromatic carbocycles. The van der Waals surface area contributed by atoms with E-state index in [-0.39, 0.29) is 18.4 Å². The van der Waals surface area contributed by atoms with Gasteiger partial charge in [-0.2, -0.15) is 13.2 Å². The van der Waals surface area contributed by atoms with Crippen LogP contribution in [0.3, 0.4) is 0 Å². The minimum atomic E-state index is -4.41. The van der Waals surface area contributed by atoms with Gasteiger partial charge in [-0.05, 0) is 49.7 Å². The highest BCUT2D eigenvalue weighted by Crippen LogP contribution is 2.34. The molecule has 1 N–H and O–H groups in total. The summed E-state index contributed by atoms with van der Waals surface area (Å²) in [6.45, 7) is 7.33. The fraction of sp³-hybridized carbons (Fsp3) is 0.760. The Morgan fingerprint density at radius 2 is 1.91 bits per heavy atom. The van der Waals surface area contributed by atoms with Crippen molar-refractivity contribution in [1.29, 1.82) is 0 Å². The molecule has 1 aromatic rings. The number of alkyl halides is 3. The number of rotatable bonds is 3. The molecular formula is C25H38F3N3O. The Morgan fingerprint density at radius 3 is 2.59 bits per heavy atom. The van der Waals surface area contributed by atoms with Gasteiger partial charge in [0, 0.05) is 49.4 Å². The molecule has 0 spiro atoms. The van der Waals surface area contributed by atoms with Gasteiger partial charge in [-0.1, -0.05) is 40.0 Å². The van der Waals surface area contributed by atoms with E-state index >= 15 is 0 Å². The summed E-state index contributed by atoms with van der Waals surface area (Å²) in [5.41, 5.74) is 0.472. The molecule has 2 heterocycles. The van der Waals surface area contributed by atoms with Gasteiger partial charge in [-0.15, -0.1) is 0 Å². The second-order valence-electron chi connectivity index (χ2n) is 9.79. The maximum Gasteiger partial charge on any atom is 0.417 e. The van der Waals surface area contributed by atoms with Crippen molar-refractivity contribution >= 4 is 5.91 Å². The fourth-order valence-electron chi connectivity index (χ4n) is 5.25. The zero-order valence-corrected chi connectivity index (χ0v) is 19.7. The van der Waals surface area contributed by atoms with Gasteiger partial charge in [0.15, 0.2) is 0 Å². The number of hydrogen-bond donors (Lipinski definition) is 1. The maximum absolute atomic E-state index is 13.0. The van der Waals surface area contributed by atoms with Gasteiger partial charge in [-0.25, -0.2) is 0 Å². The van der Waals surface area contributed by atoms with Gasteiger partial charge in [-0.3, -0.25) is 9.78 Å². The summed E-state index contributed by atoms with van der Waals surface area (Å²) in [5, 5.41) is 3.79. The Morgan fingerprint density at radius 1 is 1.19 bits per heavy atom. The molecule has 2 saturated carbocycles. The third-order valence-electron chi connectivity index (χ3n) is 7.02. The molecule has 2 aliphatic carbocycles. The number of carbonyl (C=O) groups excluding carboxylic acids is 1. The van der Waals surface area contributed by atoms with Crippen LogP contribution in [0, 0.1) is 11.8 Å². The number of fused-ring (bicyclic) bond motifs is 1. The van der Waals surface area contributed by atoms with Crippen molar-refractivity contribution in [3.05, 3.63) is 29.1 Å². The Labute approximate surface area is 190 Å². The molecule has 1 amide bonds. The Bertz CT molecular complexity index is 767. The van der Waals surface area contributed by atoms with Crippen LogP contribution in [-0.4, -0.2) is 34.4 Å². The summed E-state index contributed by atoms with van der Waals surface area (Å²) < 4.78 is 39.0. The first kappa shape index (κ1) is 25.0. The van der Waals surface area contributed by atoms with Crippen LogP contribution in [0.2, 0.25) is 0 Å². The zero-order chi connectivity index (χ0) is 23.3. The van der Waals surface area contributed by atoms with Crippen LogP contribution >= 0.6 is 0 Å². The number of halogens is 3. The number of aromatic nitrogens is 1. The number of nitrogens with one attached hydrogen (secondary N) is 1. The first-order valence-electron chi connectivity index (χ1n) is 12.3. The molecule has 2 fully saturated rings. The van der Waals surface area contributed by atoms with Crippen LogP contribution in [0.1, 0.15) is 89.0 Å². The number of hydrogen-bond acceptors (Lipinski definition) is 3. The van der Waals surface area contributed by atoms with E-state index in [0.29, 0.717) is 42.2 Å². The van der Waals surface area contributed by atoms with Crippen molar-refractivity contribution in [3.8, 4) is 0 Å². The third-order valence-corrected chi connectivity index (χ3v) is 7.02. The zero-order valence-electron chi connectivity index (χ0n) is 19.7. The van der Waals surface area contributed by atoms with Crippen LogP contribution in [0.5, 0.6) is 0 Å². The number of pyridine rings is 1. The van der Waals surface area contributed by atoms with E-state index in [1.807, 2.05) is 0 Å². The highest BCUT2D eigenvalue weighted by atomic mass is 19.4. The lowest BCUT2D eigenvalue weighted by molar-refractivity contribution is -0.137. The molecule has 4 atom stereocenters. The molecule has 3 unspecified atom stereocenters. The summed E-state index contributed by atoms with van der Waals surface area (Å²) in [4.78, 5) is 18.8. The first-order valence-corrected chi connectivity index (χ1v) is 12.3. The molecule has 1 aliphatic heterocycles. The Hall–Kier alpha value is -1.63. The van der Waals surface area contributed by atoms with Crippen LogP contribution in [-0.2, 0) is 23.9 Å². The SMILES string of the molecule is CC1CCCCC1N[C@@H]1CCC(C(=O)N2CCc3ncc(C(F)(F)F)cc3C2)C1.CCC. The normalized spacial score (nSPS) is 28.0. The molecule has 0 saturated heterocycles. The minimum Gasteiger partial charge on any atom is -0.338 e. The van der Waals surface area contributed by atoms with E-state index in [1.165, 1.54) is 32.1 Å². The number of carbonyl (C=O) groups is 1. The standard InChI is InChI=1S/C22H30F3N3O.C3H8/c1-14-4-2-3-5-19(14)27-18-7-6-15(11-18)21(29)28-9-8-20-16(13-28)10-17(12-26-20)22(23,24)25;1-3-2/h10,12,14-15,18-19,27H,2-9,11,13H2,1H3;3H2,1-2H3/t14?,15?,18-,19?;/m1./s1. The largest absolute Gasteiger partial charge is 0.417 e. The average Bonchev–Trinajstić information content (AvgIpc) is 3.22. The molecule has 3 aliphatic rings. The van der Waals surface area contributed by atoms with Gasteiger partial charge in [0.2, 0.25) is 5.91 Å². The molecule has 0 radical (unpaired) electrons. The molecular weight excluding hydrogens is 415 g/mol. The lowest BCUT2D eigenvalue weighted by atomic mass is 9.85. The second kappa shape index (κ2) is 11.0. The summed E-state index contributed by atoms with van der Waals surface area (Å²) >= 11 is 0. The molecule has 0 bridgehead atoms. The van der Waals surface area contributed by atoms with Crippen LogP contribution in [0.25, 0.3) is 0 Å². The van der Waals surface area contributed by atoms with Crippen molar-refractivity contribution in [2.75, 3.05) is 6.54 Å². The molecule has 4 rings (SSSR count). The van der Waals surface area contributed by atoms with E-state index in [9.17, 15) is 18.0 Å². The number of nitrogens with zero attached hydrogens (tertiary/aromatic N) is 2. The Kier molecular flexibility index (Phi) is 8.59. The van der Waals surface area contributed by atoms with Crippen LogP contribution in [0.4, 0.5) is 13.2 Å². The summed E-state index contributed by atoms with van der Waals surface area (Å²) in [6.07, 6.45) is 6.04. The maximum atomic E-state index is 13.0. The van der Waals surface area contributed by atoms with Gasteiger partial charge in [0.05, 0.1) is 5.56 Å². The highest BCUT2D eigenvalue weighted by molar-refractivity contribution is 5.79. The lowest BCUT2D eigenvalue weighted by Crippen LogP contribution is -2.43. The van der Waals surface area contributed by atoms with E-state index < -0.39 is 11.7 Å². The first-order chi connectivity index (χ1) is 15.2. The van der Waals surface area contributed by atoms with E-state index in [2.05, 4.69) is 31.1 Å². The highest BCUT2D eigenvalue weighted by Gasteiger charge is 2.37. The predicted molar refractivity (Wildman–Crippen MR) is 120 cm³/mol. The van der Waals surface area contributed by atoms with Gasteiger partial charge in [0.1, 0.15) is 0 Å². The van der Waals surface area contributed by atoms with Gasteiger partial charge < -0.3 is 10.2 Å². The molecule has 7 heteroatoms. The molecule has 1 aromatic heterocycles. The van der Waals surface area contributed by atoms with Gasteiger partial charge >= 0.3 is 6.18 Å². The van der Waals surface area contributed by atoms with Crippen molar-refractivity contribution < 1.29 is 18.0 Å². The van der Waals surface area contributed by atoms with E-state index in [1.54, 1.807) is 4.90 Å². The van der Waals surface area contributed by atoms with E-state index in [4.69, 9.17) is 0 Å². The van der Waals surface area contributed by atoms with Gasteiger partial charge in [0.25, 0.3) is 0 Å². The average molecular weight is 454 g/mol. The number of amides is 1. The van der Waals surface area contributed by atoms with E-state index in [0.717, 1.165) is 31.5 Å². The quantitative estimate of drug-likeness (QED) is 0.635. The lowest BCUT2D eigenvalue weighted by Gasteiger charge is -2.33. The Balaban J connectivity index is 0.000000913. The molecule has 180 valence electrons. The van der Waals surface area contributed by atoms with Crippen molar-refractivity contribution in [2.24, 2.45) is 11.8 Å².